The number of nitrogens with one attached hydrogen (secondary N) is 1. The van der Waals surface area contributed by atoms with Crippen molar-refractivity contribution in [1.82, 2.24) is 5.32 Å². The van der Waals surface area contributed by atoms with Crippen LogP contribution in [0.25, 0.3) is 0 Å². The minimum Gasteiger partial charge on any atom is -0.371 e. The van der Waals surface area contributed by atoms with Gasteiger partial charge in [-0.1, -0.05) is 0 Å². The zero-order valence-corrected chi connectivity index (χ0v) is 8.46. The van der Waals surface area contributed by atoms with Crippen molar-refractivity contribution >= 4 is 5.91 Å². The van der Waals surface area contributed by atoms with E-state index >= 15 is 0 Å². The highest BCUT2D eigenvalue weighted by Crippen LogP contribution is 2.17. The molecule has 1 aliphatic heterocycles. The number of carbonyl (C=O) groups is 1. The molecule has 4 nitrogen and oxygen atoms in total. The van der Waals surface area contributed by atoms with Crippen molar-refractivity contribution in [3.8, 4) is 0 Å². The molecule has 1 aliphatic rings. The summed E-state index contributed by atoms with van der Waals surface area (Å²) in [6.07, 6.45) is 0.796. The van der Waals surface area contributed by atoms with Gasteiger partial charge in [0.2, 0.25) is 5.91 Å². The maximum atomic E-state index is 10.8. The Morgan fingerprint density at radius 3 is 2.54 bits per heavy atom. The summed E-state index contributed by atoms with van der Waals surface area (Å²) in [6, 6.07) is -0.215. The van der Waals surface area contributed by atoms with Gasteiger partial charge in [-0.3, -0.25) is 4.79 Å². The molecular formula is C9H18N2O2. The summed E-state index contributed by atoms with van der Waals surface area (Å²) in [5.41, 5.74) is 5.01. The van der Waals surface area contributed by atoms with Gasteiger partial charge in [0.15, 0.2) is 0 Å². The first-order valence-corrected chi connectivity index (χ1v) is 4.59. The van der Waals surface area contributed by atoms with Gasteiger partial charge in [0.05, 0.1) is 17.7 Å². The third-order valence-corrected chi connectivity index (χ3v) is 1.95. The van der Waals surface area contributed by atoms with E-state index in [1.54, 1.807) is 0 Å². The monoisotopic (exact) mass is 186 g/mol. The van der Waals surface area contributed by atoms with Crippen LogP contribution in [-0.2, 0) is 9.53 Å². The van der Waals surface area contributed by atoms with Gasteiger partial charge >= 0.3 is 0 Å². The number of carbonyl (C=O) groups excluding carboxylic acids is 1. The van der Waals surface area contributed by atoms with Crippen molar-refractivity contribution in [3.63, 3.8) is 0 Å². The van der Waals surface area contributed by atoms with Crippen LogP contribution in [0.5, 0.6) is 0 Å². The molecule has 0 unspecified atom stereocenters. The molecule has 76 valence electrons. The van der Waals surface area contributed by atoms with Crippen LogP contribution in [0.1, 0.15) is 27.2 Å². The largest absolute Gasteiger partial charge is 0.371 e. The molecule has 1 heterocycles. The van der Waals surface area contributed by atoms with Crippen LogP contribution in [0, 0.1) is 0 Å². The first-order chi connectivity index (χ1) is 5.88. The average Bonchev–Trinajstić information content (AvgIpc) is 2.31. The normalized spacial score (nSPS) is 29.2. The molecule has 2 atom stereocenters. The molecule has 1 fully saturated rings. The zero-order valence-electron chi connectivity index (χ0n) is 8.46. The Kier molecular flexibility index (Phi) is 2.93. The van der Waals surface area contributed by atoms with Crippen molar-refractivity contribution < 1.29 is 9.53 Å². The Labute approximate surface area is 78.8 Å². The van der Waals surface area contributed by atoms with Gasteiger partial charge < -0.3 is 15.8 Å². The number of hydrogen-bond donors (Lipinski definition) is 2. The SMILES string of the molecule is CC(C)(C)O[C@H]1CN[C@H](C(N)=O)C1. The second-order valence-electron chi connectivity index (χ2n) is 4.45. The van der Waals surface area contributed by atoms with Gasteiger partial charge in [0, 0.05) is 6.54 Å². The molecule has 1 saturated heterocycles. The van der Waals surface area contributed by atoms with Crippen LogP contribution >= 0.6 is 0 Å². The number of hydrogen-bond acceptors (Lipinski definition) is 3. The van der Waals surface area contributed by atoms with E-state index in [9.17, 15) is 4.79 Å². The van der Waals surface area contributed by atoms with E-state index < -0.39 is 0 Å². The topological polar surface area (TPSA) is 64.3 Å². The highest BCUT2D eigenvalue weighted by Gasteiger charge is 2.30. The molecule has 0 aromatic rings. The van der Waals surface area contributed by atoms with Gasteiger partial charge in [0.1, 0.15) is 0 Å². The summed E-state index contributed by atoms with van der Waals surface area (Å²) >= 11 is 0. The van der Waals surface area contributed by atoms with E-state index in [4.69, 9.17) is 10.5 Å². The summed E-state index contributed by atoms with van der Waals surface area (Å²) in [5.74, 6) is -0.292. The molecule has 0 aromatic carbocycles. The zero-order chi connectivity index (χ0) is 10.1. The molecule has 0 aliphatic carbocycles. The highest BCUT2D eigenvalue weighted by atomic mass is 16.5. The summed E-state index contributed by atoms with van der Waals surface area (Å²) in [6.45, 7) is 6.73. The number of primary amides is 1. The second-order valence-corrected chi connectivity index (χ2v) is 4.45. The summed E-state index contributed by atoms with van der Waals surface area (Å²) < 4.78 is 5.71. The number of rotatable bonds is 2. The number of amides is 1. The highest BCUT2D eigenvalue weighted by molar-refractivity contribution is 5.80. The number of nitrogens with two attached hydrogens (primary N) is 1. The average molecular weight is 186 g/mol. The van der Waals surface area contributed by atoms with Crippen LogP contribution in [-0.4, -0.2) is 30.2 Å². The Hall–Kier alpha value is -0.610. The molecule has 0 spiro atoms. The van der Waals surface area contributed by atoms with Crippen LogP contribution in [0.3, 0.4) is 0 Å². The van der Waals surface area contributed by atoms with E-state index in [-0.39, 0.29) is 23.7 Å². The van der Waals surface area contributed by atoms with Crippen LogP contribution in [0.2, 0.25) is 0 Å². The molecule has 1 amide bonds. The molecule has 3 N–H and O–H groups in total. The Balaban J connectivity index is 2.38. The molecule has 0 bridgehead atoms. The van der Waals surface area contributed by atoms with E-state index in [2.05, 4.69) is 5.32 Å². The lowest BCUT2D eigenvalue weighted by molar-refractivity contribution is -0.120. The fourth-order valence-electron chi connectivity index (χ4n) is 1.51. The van der Waals surface area contributed by atoms with Gasteiger partial charge in [-0.15, -0.1) is 0 Å². The third-order valence-electron chi connectivity index (χ3n) is 1.95. The second kappa shape index (κ2) is 3.64. The first-order valence-electron chi connectivity index (χ1n) is 4.59. The predicted molar refractivity (Wildman–Crippen MR) is 50.2 cm³/mol. The predicted octanol–water partition coefficient (Wildman–Crippen LogP) is 0.0173. The standard InChI is InChI=1S/C9H18N2O2/c1-9(2,3)13-6-4-7(8(10)12)11-5-6/h6-7,11H,4-5H2,1-3H3,(H2,10,12)/t6-,7+/m1/s1. The molecule has 0 aromatic heterocycles. The van der Waals surface area contributed by atoms with Crippen molar-refractivity contribution in [2.45, 2.75) is 44.9 Å². The maximum absolute atomic E-state index is 10.8. The Morgan fingerprint density at radius 1 is 1.54 bits per heavy atom. The van der Waals surface area contributed by atoms with Gasteiger partial charge in [-0.25, -0.2) is 0 Å². The van der Waals surface area contributed by atoms with Crippen molar-refractivity contribution in [1.29, 1.82) is 0 Å². The van der Waals surface area contributed by atoms with Crippen LogP contribution in [0.4, 0.5) is 0 Å². The Bertz CT molecular complexity index is 198. The summed E-state index contributed by atoms with van der Waals surface area (Å²) in [7, 11) is 0. The molecular weight excluding hydrogens is 168 g/mol. The first kappa shape index (κ1) is 10.5. The third kappa shape index (κ3) is 3.32. The minimum absolute atomic E-state index is 0.109. The summed E-state index contributed by atoms with van der Waals surface area (Å²) in [4.78, 5) is 10.8. The lowest BCUT2D eigenvalue weighted by Crippen LogP contribution is -2.36. The van der Waals surface area contributed by atoms with Crippen LogP contribution in [0.15, 0.2) is 0 Å². The van der Waals surface area contributed by atoms with Gasteiger partial charge in [-0.05, 0) is 27.2 Å². The quantitative estimate of drug-likeness (QED) is 0.639. The molecule has 0 radical (unpaired) electrons. The fraction of sp³-hybridized carbons (Fsp3) is 0.889. The van der Waals surface area contributed by atoms with Gasteiger partial charge in [0.25, 0.3) is 0 Å². The molecule has 4 heteroatoms. The van der Waals surface area contributed by atoms with E-state index in [0.29, 0.717) is 13.0 Å². The lowest BCUT2D eigenvalue weighted by Gasteiger charge is -2.24. The minimum atomic E-state index is -0.292. The maximum Gasteiger partial charge on any atom is 0.234 e. The Morgan fingerprint density at radius 2 is 2.15 bits per heavy atom. The van der Waals surface area contributed by atoms with E-state index in [1.807, 2.05) is 20.8 Å². The lowest BCUT2D eigenvalue weighted by atomic mass is 10.1. The van der Waals surface area contributed by atoms with Gasteiger partial charge in [-0.2, -0.15) is 0 Å². The van der Waals surface area contributed by atoms with Crippen molar-refractivity contribution in [2.24, 2.45) is 5.73 Å². The van der Waals surface area contributed by atoms with Crippen LogP contribution < -0.4 is 11.1 Å². The summed E-state index contributed by atoms with van der Waals surface area (Å²) in [5, 5.41) is 3.03. The molecule has 13 heavy (non-hydrogen) atoms. The van der Waals surface area contributed by atoms with Crippen molar-refractivity contribution in [2.75, 3.05) is 6.54 Å². The number of ether oxygens (including phenoxy) is 1. The van der Waals surface area contributed by atoms with E-state index in [0.717, 1.165) is 0 Å². The molecule has 1 rings (SSSR count). The van der Waals surface area contributed by atoms with Crippen molar-refractivity contribution in [3.05, 3.63) is 0 Å². The van der Waals surface area contributed by atoms with E-state index in [1.165, 1.54) is 0 Å². The smallest absolute Gasteiger partial charge is 0.234 e. The molecule has 0 saturated carbocycles. The fourth-order valence-corrected chi connectivity index (χ4v) is 1.51.